The highest BCUT2D eigenvalue weighted by molar-refractivity contribution is 4.93. The monoisotopic (exact) mass is 239 g/mol. The fourth-order valence-corrected chi connectivity index (χ4v) is 3.58. The van der Waals surface area contributed by atoms with Crippen LogP contribution in [0.4, 0.5) is 0 Å². The molecule has 0 aromatic heterocycles. The van der Waals surface area contributed by atoms with E-state index < -0.39 is 0 Å². The molecular formula is C14H29N3. The molecule has 2 N–H and O–H groups in total. The first-order valence-electron chi connectivity index (χ1n) is 7.46. The molecule has 0 radical (unpaired) electrons. The quantitative estimate of drug-likeness (QED) is 0.792. The summed E-state index contributed by atoms with van der Waals surface area (Å²) in [5.74, 6) is 0. The van der Waals surface area contributed by atoms with Gasteiger partial charge in [0.05, 0.1) is 0 Å². The highest BCUT2D eigenvalue weighted by atomic mass is 15.3. The molecule has 3 atom stereocenters. The largest absolute Gasteiger partial charge is 0.329 e. The van der Waals surface area contributed by atoms with Crippen molar-refractivity contribution in [1.82, 2.24) is 9.80 Å². The summed E-state index contributed by atoms with van der Waals surface area (Å²) in [6.45, 7) is 9.32. The van der Waals surface area contributed by atoms with E-state index in [9.17, 15) is 0 Å². The van der Waals surface area contributed by atoms with Gasteiger partial charge in [-0.15, -0.1) is 0 Å². The van der Waals surface area contributed by atoms with Crippen LogP contribution in [0.5, 0.6) is 0 Å². The minimum atomic E-state index is 0.618. The van der Waals surface area contributed by atoms with Gasteiger partial charge in [0.1, 0.15) is 0 Å². The number of nitrogens with zero attached hydrogens (tertiary/aromatic N) is 2. The smallest absolute Gasteiger partial charge is 0.0224 e. The van der Waals surface area contributed by atoms with Gasteiger partial charge in [-0.2, -0.15) is 0 Å². The second-order valence-corrected chi connectivity index (χ2v) is 5.87. The van der Waals surface area contributed by atoms with E-state index in [2.05, 4.69) is 23.6 Å². The molecule has 2 fully saturated rings. The Morgan fingerprint density at radius 2 is 2.18 bits per heavy atom. The summed E-state index contributed by atoms with van der Waals surface area (Å²) < 4.78 is 0. The zero-order chi connectivity index (χ0) is 12.3. The molecule has 0 amide bonds. The molecule has 0 saturated carbocycles. The summed E-state index contributed by atoms with van der Waals surface area (Å²) >= 11 is 0. The SMILES string of the molecule is CCCCC(CN)N1CC2CCCN2CC1C. The second-order valence-electron chi connectivity index (χ2n) is 5.87. The Bertz CT molecular complexity index is 232. The Kier molecular flexibility index (Phi) is 4.83. The molecule has 0 spiro atoms. The number of unbranched alkanes of at least 4 members (excludes halogenated alkanes) is 1. The van der Waals surface area contributed by atoms with Crippen LogP contribution >= 0.6 is 0 Å². The van der Waals surface area contributed by atoms with Gasteiger partial charge in [-0.25, -0.2) is 0 Å². The number of piperazine rings is 1. The van der Waals surface area contributed by atoms with E-state index >= 15 is 0 Å². The van der Waals surface area contributed by atoms with Gasteiger partial charge >= 0.3 is 0 Å². The van der Waals surface area contributed by atoms with Crippen LogP contribution in [0.2, 0.25) is 0 Å². The van der Waals surface area contributed by atoms with E-state index in [1.807, 2.05) is 0 Å². The van der Waals surface area contributed by atoms with Crippen LogP contribution in [0.15, 0.2) is 0 Å². The van der Waals surface area contributed by atoms with Crippen molar-refractivity contribution in [3.63, 3.8) is 0 Å². The van der Waals surface area contributed by atoms with Crippen molar-refractivity contribution >= 4 is 0 Å². The Balaban J connectivity index is 1.93. The summed E-state index contributed by atoms with van der Waals surface area (Å²) in [6.07, 6.45) is 6.68. The van der Waals surface area contributed by atoms with Gasteiger partial charge in [-0.1, -0.05) is 19.8 Å². The van der Waals surface area contributed by atoms with Gasteiger partial charge in [0.25, 0.3) is 0 Å². The molecule has 0 aromatic rings. The predicted molar refractivity (Wildman–Crippen MR) is 73.1 cm³/mol. The Morgan fingerprint density at radius 1 is 1.35 bits per heavy atom. The first-order chi connectivity index (χ1) is 8.26. The molecule has 17 heavy (non-hydrogen) atoms. The standard InChI is InChI=1S/C14H29N3/c1-3-4-6-13(9-15)17-11-14-7-5-8-16(14)10-12(17)2/h12-14H,3-11,15H2,1-2H3. The number of hydrogen-bond donors (Lipinski definition) is 1. The molecule has 2 heterocycles. The lowest BCUT2D eigenvalue weighted by Gasteiger charge is -2.46. The lowest BCUT2D eigenvalue weighted by Crippen LogP contribution is -2.59. The molecule has 3 heteroatoms. The molecular weight excluding hydrogens is 210 g/mol. The van der Waals surface area contributed by atoms with Crippen LogP contribution in [0, 0.1) is 0 Å². The van der Waals surface area contributed by atoms with Crippen LogP contribution in [0.25, 0.3) is 0 Å². The summed E-state index contributed by atoms with van der Waals surface area (Å²) in [7, 11) is 0. The van der Waals surface area contributed by atoms with E-state index in [4.69, 9.17) is 5.73 Å². The molecule has 2 rings (SSSR count). The van der Waals surface area contributed by atoms with Crippen molar-refractivity contribution in [2.24, 2.45) is 5.73 Å². The molecule has 2 saturated heterocycles. The summed E-state index contributed by atoms with van der Waals surface area (Å²) in [5, 5.41) is 0. The van der Waals surface area contributed by atoms with Gasteiger partial charge in [0.15, 0.2) is 0 Å². The molecule has 0 aliphatic carbocycles. The van der Waals surface area contributed by atoms with E-state index in [0.29, 0.717) is 12.1 Å². The highest BCUT2D eigenvalue weighted by Crippen LogP contribution is 2.26. The van der Waals surface area contributed by atoms with Crippen molar-refractivity contribution < 1.29 is 0 Å². The van der Waals surface area contributed by atoms with Gasteiger partial charge in [-0.3, -0.25) is 9.80 Å². The van der Waals surface area contributed by atoms with E-state index in [-0.39, 0.29) is 0 Å². The second kappa shape index (κ2) is 6.17. The van der Waals surface area contributed by atoms with Crippen molar-refractivity contribution in [2.45, 2.75) is 64.1 Å². The van der Waals surface area contributed by atoms with Crippen molar-refractivity contribution in [2.75, 3.05) is 26.2 Å². The third-order valence-corrected chi connectivity index (χ3v) is 4.62. The maximum absolute atomic E-state index is 5.99. The van der Waals surface area contributed by atoms with Gasteiger partial charge in [0, 0.05) is 37.8 Å². The van der Waals surface area contributed by atoms with Crippen molar-refractivity contribution in [3.05, 3.63) is 0 Å². The maximum Gasteiger partial charge on any atom is 0.0224 e. The molecule has 0 bridgehead atoms. The van der Waals surface area contributed by atoms with Gasteiger partial charge in [0.2, 0.25) is 0 Å². The number of rotatable bonds is 5. The van der Waals surface area contributed by atoms with Crippen LogP contribution in [0.1, 0.15) is 46.0 Å². The molecule has 0 aromatic carbocycles. The Hall–Kier alpha value is -0.120. The number of hydrogen-bond acceptors (Lipinski definition) is 3. The van der Waals surface area contributed by atoms with E-state index in [1.165, 1.54) is 51.7 Å². The normalized spacial score (nSPS) is 32.6. The van der Waals surface area contributed by atoms with Gasteiger partial charge < -0.3 is 5.73 Å². The zero-order valence-electron chi connectivity index (χ0n) is 11.6. The Labute approximate surface area is 106 Å². The topological polar surface area (TPSA) is 32.5 Å². The average molecular weight is 239 g/mol. The Morgan fingerprint density at radius 3 is 2.88 bits per heavy atom. The fourth-order valence-electron chi connectivity index (χ4n) is 3.58. The van der Waals surface area contributed by atoms with E-state index in [1.54, 1.807) is 0 Å². The minimum Gasteiger partial charge on any atom is -0.329 e. The van der Waals surface area contributed by atoms with Crippen LogP contribution in [-0.2, 0) is 0 Å². The summed E-state index contributed by atoms with van der Waals surface area (Å²) in [4.78, 5) is 5.39. The van der Waals surface area contributed by atoms with Crippen molar-refractivity contribution in [1.29, 1.82) is 0 Å². The first-order valence-corrected chi connectivity index (χ1v) is 7.46. The lowest BCUT2D eigenvalue weighted by atomic mass is 10.0. The molecule has 2 aliphatic rings. The number of fused-ring (bicyclic) bond motifs is 1. The molecule has 3 unspecified atom stereocenters. The van der Waals surface area contributed by atoms with Gasteiger partial charge in [-0.05, 0) is 32.7 Å². The van der Waals surface area contributed by atoms with Crippen molar-refractivity contribution in [3.8, 4) is 0 Å². The maximum atomic E-state index is 5.99. The third-order valence-electron chi connectivity index (χ3n) is 4.62. The van der Waals surface area contributed by atoms with Crippen LogP contribution < -0.4 is 5.73 Å². The number of nitrogens with two attached hydrogens (primary N) is 1. The molecule has 2 aliphatic heterocycles. The minimum absolute atomic E-state index is 0.618. The summed E-state index contributed by atoms with van der Waals surface area (Å²) in [6, 6.07) is 2.13. The summed E-state index contributed by atoms with van der Waals surface area (Å²) in [5.41, 5.74) is 5.99. The molecule has 100 valence electrons. The highest BCUT2D eigenvalue weighted by Gasteiger charge is 2.36. The fraction of sp³-hybridized carbons (Fsp3) is 1.00. The van der Waals surface area contributed by atoms with Crippen LogP contribution in [0.3, 0.4) is 0 Å². The first kappa shape index (κ1) is 13.3. The lowest BCUT2D eigenvalue weighted by molar-refractivity contribution is 0.0271. The van der Waals surface area contributed by atoms with Crippen LogP contribution in [-0.4, -0.2) is 54.1 Å². The predicted octanol–water partition coefficient (Wildman–Crippen LogP) is 1.67. The third kappa shape index (κ3) is 3.01. The van der Waals surface area contributed by atoms with E-state index in [0.717, 1.165) is 12.6 Å². The average Bonchev–Trinajstić information content (AvgIpc) is 2.77. The molecule has 3 nitrogen and oxygen atoms in total. The zero-order valence-corrected chi connectivity index (χ0v) is 11.6.